The third-order valence-corrected chi connectivity index (χ3v) is 5.08. The van der Waals surface area contributed by atoms with Crippen LogP contribution in [0, 0.1) is 5.82 Å². The third-order valence-electron chi connectivity index (χ3n) is 5.08. The maximum atomic E-state index is 14.5. The molecule has 0 radical (unpaired) electrons. The van der Waals surface area contributed by atoms with Crippen LogP contribution in [0.25, 0.3) is 5.69 Å². The van der Waals surface area contributed by atoms with Crippen molar-refractivity contribution in [1.29, 1.82) is 0 Å². The second-order valence-electron chi connectivity index (χ2n) is 6.44. The normalized spacial score (nSPS) is 20.3. The van der Waals surface area contributed by atoms with Crippen LogP contribution in [0.4, 0.5) is 10.1 Å². The van der Waals surface area contributed by atoms with E-state index in [0.717, 1.165) is 25.9 Å². The molecule has 0 bridgehead atoms. The lowest BCUT2D eigenvalue weighted by molar-refractivity contribution is 0.207. The van der Waals surface area contributed by atoms with Gasteiger partial charge in [0.2, 0.25) is 0 Å². The molecular formula is C17H22FN5. The maximum absolute atomic E-state index is 14.5. The minimum absolute atomic E-state index is 0.183. The summed E-state index contributed by atoms with van der Waals surface area (Å²) in [6, 6.07) is 5.99. The van der Waals surface area contributed by atoms with Crippen molar-refractivity contribution < 1.29 is 4.39 Å². The van der Waals surface area contributed by atoms with Crippen LogP contribution in [0.1, 0.15) is 25.7 Å². The molecule has 0 N–H and O–H groups in total. The van der Waals surface area contributed by atoms with E-state index >= 15 is 0 Å². The van der Waals surface area contributed by atoms with Gasteiger partial charge in [-0.1, -0.05) is 0 Å². The molecule has 3 heterocycles. The summed E-state index contributed by atoms with van der Waals surface area (Å²) >= 11 is 0. The van der Waals surface area contributed by atoms with Crippen LogP contribution in [0.3, 0.4) is 0 Å². The fraction of sp³-hybridized carbons (Fsp3) is 0.529. The molecule has 2 aliphatic heterocycles. The van der Waals surface area contributed by atoms with Gasteiger partial charge in [0.1, 0.15) is 18.5 Å². The number of halogens is 1. The van der Waals surface area contributed by atoms with Gasteiger partial charge in [0.15, 0.2) is 0 Å². The zero-order valence-electron chi connectivity index (χ0n) is 13.2. The van der Waals surface area contributed by atoms with Crippen molar-refractivity contribution in [3.05, 3.63) is 36.7 Å². The molecule has 0 spiro atoms. The van der Waals surface area contributed by atoms with E-state index in [2.05, 4.69) is 19.9 Å². The molecule has 5 nitrogen and oxygen atoms in total. The Hall–Kier alpha value is -1.95. The van der Waals surface area contributed by atoms with Crippen molar-refractivity contribution in [2.24, 2.45) is 0 Å². The number of piperidine rings is 1. The van der Waals surface area contributed by atoms with E-state index < -0.39 is 0 Å². The van der Waals surface area contributed by atoms with E-state index in [1.54, 1.807) is 11.0 Å². The number of hydrogen-bond acceptors (Lipinski definition) is 4. The van der Waals surface area contributed by atoms with Crippen molar-refractivity contribution in [1.82, 2.24) is 19.7 Å². The van der Waals surface area contributed by atoms with E-state index in [0.29, 0.717) is 17.4 Å². The van der Waals surface area contributed by atoms with E-state index in [-0.39, 0.29) is 5.82 Å². The van der Waals surface area contributed by atoms with Gasteiger partial charge in [0.05, 0.1) is 11.4 Å². The fourth-order valence-corrected chi connectivity index (χ4v) is 3.81. The predicted molar refractivity (Wildman–Crippen MR) is 87.4 cm³/mol. The zero-order valence-corrected chi connectivity index (χ0v) is 13.2. The summed E-state index contributed by atoms with van der Waals surface area (Å²) in [6.07, 6.45) is 7.96. The maximum Gasteiger partial charge on any atom is 0.148 e. The lowest BCUT2D eigenvalue weighted by atomic mass is 10.0. The Morgan fingerprint density at radius 1 is 1.04 bits per heavy atom. The molecule has 0 atom stereocenters. The van der Waals surface area contributed by atoms with Gasteiger partial charge in [-0.3, -0.25) is 0 Å². The second-order valence-corrected chi connectivity index (χ2v) is 6.44. The first kappa shape index (κ1) is 14.6. The molecule has 1 aromatic heterocycles. The summed E-state index contributed by atoms with van der Waals surface area (Å²) in [4.78, 5) is 8.69. The van der Waals surface area contributed by atoms with Gasteiger partial charge in [0, 0.05) is 25.2 Å². The molecule has 23 heavy (non-hydrogen) atoms. The summed E-state index contributed by atoms with van der Waals surface area (Å²) in [6.45, 7) is 4.35. The van der Waals surface area contributed by atoms with Crippen molar-refractivity contribution in [2.45, 2.75) is 31.7 Å². The van der Waals surface area contributed by atoms with Gasteiger partial charge >= 0.3 is 0 Å². The van der Waals surface area contributed by atoms with E-state index in [1.165, 1.54) is 38.3 Å². The van der Waals surface area contributed by atoms with Crippen LogP contribution in [0.15, 0.2) is 30.9 Å². The highest BCUT2D eigenvalue weighted by Crippen LogP contribution is 2.27. The van der Waals surface area contributed by atoms with Gasteiger partial charge in [-0.25, -0.2) is 14.1 Å². The van der Waals surface area contributed by atoms with Gasteiger partial charge in [0.25, 0.3) is 0 Å². The summed E-state index contributed by atoms with van der Waals surface area (Å²) < 4.78 is 16.1. The first-order chi connectivity index (χ1) is 11.3. The quantitative estimate of drug-likeness (QED) is 0.872. The van der Waals surface area contributed by atoms with E-state index in [9.17, 15) is 4.39 Å². The first-order valence-electron chi connectivity index (χ1n) is 8.45. The monoisotopic (exact) mass is 315 g/mol. The van der Waals surface area contributed by atoms with E-state index in [1.807, 2.05) is 12.1 Å². The Kier molecular flexibility index (Phi) is 3.99. The Bertz CT molecular complexity index is 643. The van der Waals surface area contributed by atoms with Gasteiger partial charge in [-0.05, 0) is 50.9 Å². The number of nitrogens with zero attached hydrogens (tertiary/aromatic N) is 5. The molecular weight excluding hydrogens is 293 g/mol. The average molecular weight is 315 g/mol. The number of aromatic nitrogens is 3. The predicted octanol–water partition coefficient (Wildman–Crippen LogP) is 2.47. The molecule has 2 aliphatic rings. The number of benzene rings is 1. The molecule has 0 amide bonds. The summed E-state index contributed by atoms with van der Waals surface area (Å²) in [5.41, 5.74) is 1.41. The topological polar surface area (TPSA) is 37.2 Å². The Balaban J connectivity index is 1.44. The molecule has 0 saturated carbocycles. The van der Waals surface area contributed by atoms with Crippen molar-refractivity contribution in [3.8, 4) is 5.69 Å². The lowest BCUT2D eigenvalue weighted by Crippen LogP contribution is -2.44. The second kappa shape index (κ2) is 6.28. The Morgan fingerprint density at radius 2 is 1.83 bits per heavy atom. The van der Waals surface area contributed by atoms with Crippen LogP contribution in [0.2, 0.25) is 0 Å². The first-order valence-corrected chi connectivity index (χ1v) is 8.45. The van der Waals surface area contributed by atoms with Crippen LogP contribution in [-0.2, 0) is 0 Å². The van der Waals surface area contributed by atoms with Crippen molar-refractivity contribution in [3.63, 3.8) is 0 Å². The third kappa shape index (κ3) is 2.95. The van der Waals surface area contributed by atoms with Crippen molar-refractivity contribution >= 4 is 5.69 Å². The average Bonchev–Trinajstić information content (AvgIpc) is 3.29. The largest absolute Gasteiger partial charge is 0.369 e. The van der Waals surface area contributed by atoms with E-state index in [4.69, 9.17) is 0 Å². The summed E-state index contributed by atoms with van der Waals surface area (Å²) in [5, 5.41) is 4.04. The lowest BCUT2D eigenvalue weighted by Gasteiger charge is -2.37. The standard InChI is InChI=1S/C17H22FN5/c18-16-11-15(23-13-19-12-20-23)3-4-17(16)22-9-5-14(6-10-22)21-7-1-2-8-21/h3-4,11-14H,1-2,5-10H2. The van der Waals surface area contributed by atoms with Gasteiger partial charge < -0.3 is 9.80 Å². The number of anilines is 1. The molecule has 0 unspecified atom stereocenters. The molecule has 122 valence electrons. The Morgan fingerprint density at radius 3 is 2.48 bits per heavy atom. The molecule has 4 rings (SSSR count). The highest BCUT2D eigenvalue weighted by atomic mass is 19.1. The molecule has 2 saturated heterocycles. The SMILES string of the molecule is Fc1cc(-n2cncn2)ccc1N1CCC(N2CCCC2)CC1. The van der Waals surface area contributed by atoms with Crippen LogP contribution < -0.4 is 4.90 Å². The molecule has 1 aromatic carbocycles. The smallest absolute Gasteiger partial charge is 0.148 e. The van der Waals surface area contributed by atoms with Gasteiger partial charge in [-0.2, -0.15) is 5.10 Å². The zero-order chi connectivity index (χ0) is 15.6. The minimum atomic E-state index is -0.183. The molecule has 2 aromatic rings. The summed E-state index contributed by atoms with van der Waals surface area (Å²) in [5.74, 6) is -0.183. The summed E-state index contributed by atoms with van der Waals surface area (Å²) in [7, 11) is 0. The van der Waals surface area contributed by atoms with Gasteiger partial charge in [-0.15, -0.1) is 0 Å². The molecule has 6 heteroatoms. The number of likely N-dealkylation sites (tertiary alicyclic amines) is 1. The van der Waals surface area contributed by atoms with Crippen LogP contribution in [-0.4, -0.2) is 51.9 Å². The fourth-order valence-electron chi connectivity index (χ4n) is 3.81. The molecule has 2 fully saturated rings. The van der Waals surface area contributed by atoms with Crippen LogP contribution >= 0.6 is 0 Å². The van der Waals surface area contributed by atoms with Crippen LogP contribution in [0.5, 0.6) is 0 Å². The Labute approximate surface area is 135 Å². The van der Waals surface area contributed by atoms with Crippen molar-refractivity contribution in [2.75, 3.05) is 31.1 Å². The number of rotatable bonds is 3. The number of hydrogen-bond donors (Lipinski definition) is 0. The molecule has 0 aliphatic carbocycles. The highest BCUT2D eigenvalue weighted by molar-refractivity contribution is 5.52. The minimum Gasteiger partial charge on any atom is -0.369 e. The highest BCUT2D eigenvalue weighted by Gasteiger charge is 2.27.